The first-order valence-electron chi connectivity index (χ1n) is 5.10. The SMILES string of the molecule is CCN(CC(F)(F)F)C(=S)Nc1ccccc1. The molecule has 0 spiro atoms. The van der Waals surface area contributed by atoms with Crippen molar-refractivity contribution in [2.75, 3.05) is 18.4 Å². The lowest BCUT2D eigenvalue weighted by molar-refractivity contribution is -0.137. The van der Waals surface area contributed by atoms with Gasteiger partial charge in [-0.25, -0.2) is 0 Å². The van der Waals surface area contributed by atoms with Crippen LogP contribution in [0.25, 0.3) is 0 Å². The van der Waals surface area contributed by atoms with E-state index in [1.54, 1.807) is 31.2 Å². The molecule has 1 N–H and O–H groups in total. The first kappa shape index (κ1) is 13.8. The molecule has 0 aliphatic carbocycles. The van der Waals surface area contributed by atoms with Crippen molar-refractivity contribution in [3.63, 3.8) is 0 Å². The van der Waals surface area contributed by atoms with Crippen molar-refractivity contribution in [2.45, 2.75) is 13.1 Å². The van der Waals surface area contributed by atoms with Crippen molar-refractivity contribution in [3.05, 3.63) is 30.3 Å². The Hall–Kier alpha value is -1.30. The molecular formula is C11H13F3N2S. The number of nitrogens with one attached hydrogen (secondary N) is 1. The van der Waals surface area contributed by atoms with Crippen molar-refractivity contribution in [1.29, 1.82) is 0 Å². The van der Waals surface area contributed by atoms with Crippen LogP contribution in [0, 0.1) is 0 Å². The molecule has 0 unspecified atom stereocenters. The fraction of sp³-hybridized carbons (Fsp3) is 0.364. The van der Waals surface area contributed by atoms with Crippen LogP contribution in [0.15, 0.2) is 30.3 Å². The summed E-state index contributed by atoms with van der Waals surface area (Å²) in [6.45, 7) is 0.797. The third-order valence-corrected chi connectivity index (χ3v) is 2.42. The third-order valence-electron chi connectivity index (χ3n) is 2.06. The summed E-state index contributed by atoms with van der Waals surface area (Å²) >= 11 is 4.94. The number of anilines is 1. The van der Waals surface area contributed by atoms with Gasteiger partial charge in [0.25, 0.3) is 0 Å². The summed E-state index contributed by atoms with van der Waals surface area (Å²) < 4.78 is 36.8. The molecule has 94 valence electrons. The molecule has 0 fully saturated rings. The van der Waals surface area contributed by atoms with Gasteiger partial charge in [-0.15, -0.1) is 0 Å². The highest BCUT2D eigenvalue weighted by molar-refractivity contribution is 7.80. The molecule has 0 amide bonds. The van der Waals surface area contributed by atoms with Gasteiger partial charge in [0, 0.05) is 12.2 Å². The van der Waals surface area contributed by atoms with Crippen molar-refractivity contribution >= 4 is 23.0 Å². The monoisotopic (exact) mass is 262 g/mol. The topological polar surface area (TPSA) is 15.3 Å². The summed E-state index contributed by atoms with van der Waals surface area (Å²) in [7, 11) is 0. The van der Waals surface area contributed by atoms with Gasteiger partial charge in [0.2, 0.25) is 0 Å². The third kappa shape index (κ3) is 5.04. The number of rotatable bonds is 3. The van der Waals surface area contributed by atoms with Crippen LogP contribution in [0.2, 0.25) is 0 Å². The largest absolute Gasteiger partial charge is 0.406 e. The van der Waals surface area contributed by atoms with Crippen LogP contribution in [0.4, 0.5) is 18.9 Å². The minimum Gasteiger partial charge on any atom is -0.340 e. The Bertz CT molecular complexity index is 365. The maximum absolute atomic E-state index is 12.3. The number of halogens is 3. The van der Waals surface area contributed by atoms with Crippen LogP contribution in [-0.2, 0) is 0 Å². The fourth-order valence-electron chi connectivity index (χ4n) is 1.27. The first-order valence-corrected chi connectivity index (χ1v) is 5.51. The van der Waals surface area contributed by atoms with Crippen molar-refractivity contribution in [3.8, 4) is 0 Å². The van der Waals surface area contributed by atoms with Crippen LogP contribution in [0.5, 0.6) is 0 Å². The molecule has 0 radical (unpaired) electrons. The molecule has 0 bridgehead atoms. The molecule has 0 aromatic heterocycles. The Morgan fingerprint density at radius 2 is 1.88 bits per heavy atom. The molecule has 0 aliphatic rings. The molecule has 1 aromatic carbocycles. The zero-order chi connectivity index (χ0) is 12.9. The molecule has 0 saturated heterocycles. The highest BCUT2D eigenvalue weighted by Gasteiger charge is 2.31. The van der Waals surface area contributed by atoms with E-state index in [4.69, 9.17) is 12.2 Å². The van der Waals surface area contributed by atoms with Gasteiger partial charge in [0.15, 0.2) is 5.11 Å². The van der Waals surface area contributed by atoms with E-state index in [2.05, 4.69) is 5.32 Å². The number of thiocarbonyl (C=S) groups is 1. The molecule has 0 saturated carbocycles. The van der Waals surface area contributed by atoms with Gasteiger partial charge in [0.1, 0.15) is 6.54 Å². The van der Waals surface area contributed by atoms with E-state index >= 15 is 0 Å². The van der Waals surface area contributed by atoms with Gasteiger partial charge >= 0.3 is 6.18 Å². The standard InChI is InChI=1S/C11H13F3N2S/c1-2-16(8-11(12,13)14)10(17)15-9-6-4-3-5-7-9/h3-7H,2,8H2,1H3,(H,15,17). The van der Waals surface area contributed by atoms with Gasteiger partial charge in [-0.1, -0.05) is 18.2 Å². The molecule has 1 aromatic rings. The smallest absolute Gasteiger partial charge is 0.340 e. The summed E-state index contributed by atoms with van der Waals surface area (Å²) in [6.07, 6.45) is -4.25. The molecular weight excluding hydrogens is 249 g/mol. The van der Waals surface area contributed by atoms with Gasteiger partial charge in [-0.2, -0.15) is 13.2 Å². The Balaban J connectivity index is 2.62. The quantitative estimate of drug-likeness (QED) is 0.842. The molecule has 0 heterocycles. The summed E-state index contributed by atoms with van der Waals surface area (Å²) in [5.74, 6) is 0. The second-order valence-electron chi connectivity index (χ2n) is 3.43. The van der Waals surface area contributed by atoms with Crippen LogP contribution >= 0.6 is 12.2 Å². The Labute approximate surface area is 103 Å². The van der Waals surface area contributed by atoms with E-state index in [1.165, 1.54) is 0 Å². The van der Waals surface area contributed by atoms with Gasteiger partial charge in [-0.05, 0) is 31.3 Å². The lowest BCUT2D eigenvalue weighted by Crippen LogP contribution is -2.41. The number of hydrogen-bond acceptors (Lipinski definition) is 1. The molecule has 2 nitrogen and oxygen atoms in total. The van der Waals surface area contributed by atoms with E-state index in [9.17, 15) is 13.2 Å². The molecule has 6 heteroatoms. The summed E-state index contributed by atoms with van der Waals surface area (Å²) in [5.41, 5.74) is 0.679. The predicted octanol–water partition coefficient (Wildman–Crippen LogP) is 3.27. The van der Waals surface area contributed by atoms with Gasteiger partial charge < -0.3 is 10.2 Å². The second-order valence-corrected chi connectivity index (χ2v) is 3.81. The van der Waals surface area contributed by atoms with Gasteiger partial charge in [0.05, 0.1) is 0 Å². The number of nitrogens with zero attached hydrogens (tertiary/aromatic N) is 1. The minimum absolute atomic E-state index is 0.0797. The average Bonchev–Trinajstić information content (AvgIpc) is 2.26. The number of benzene rings is 1. The van der Waals surface area contributed by atoms with Crippen LogP contribution in [-0.4, -0.2) is 29.3 Å². The fourth-order valence-corrected chi connectivity index (χ4v) is 1.58. The zero-order valence-corrected chi connectivity index (χ0v) is 10.1. The number of alkyl halides is 3. The van der Waals surface area contributed by atoms with E-state index in [0.29, 0.717) is 5.69 Å². The minimum atomic E-state index is -4.25. The number of para-hydroxylation sites is 1. The predicted molar refractivity (Wildman–Crippen MR) is 66.0 cm³/mol. The van der Waals surface area contributed by atoms with Crippen molar-refractivity contribution in [2.24, 2.45) is 0 Å². The summed E-state index contributed by atoms with van der Waals surface area (Å²) in [5, 5.41) is 2.85. The lowest BCUT2D eigenvalue weighted by atomic mass is 10.3. The molecule has 1 rings (SSSR count). The van der Waals surface area contributed by atoms with Crippen LogP contribution in [0.1, 0.15) is 6.92 Å². The van der Waals surface area contributed by atoms with Crippen LogP contribution in [0.3, 0.4) is 0 Å². The maximum Gasteiger partial charge on any atom is 0.406 e. The molecule has 0 aliphatic heterocycles. The molecule has 17 heavy (non-hydrogen) atoms. The average molecular weight is 262 g/mol. The highest BCUT2D eigenvalue weighted by atomic mass is 32.1. The normalized spacial score (nSPS) is 11.1. The second kappa shape index (κ2) is 5.86. The van der Waals surface area contributed by atoms with Crippen molar-refractivity contribution in [1.82, 2.24) is 4.90 Å². The lowest BCUT2D eigenvalue weighted by Gasteiger charge is -2.25. The van der Waals surface area contributed by atoms with Crippen molar-refractivity contribution < 1.29 is 13.2 Å². The maximum atomic E-state index is 12.3. The summed E-state index contributed by atoms with van der Waals surface area (Å²) in [6, 6.07) is 8.87. The Kier molecular flexibility index (Phi) is 4.74. The van der Waals surface area contributed by atoms with E-state index in [1.807, 2.05) is 6.07 Å². The van der Waals surface area contributed by atoms with E-state index in [0.717, 1.165) is 4.90 Å². The number of hydrogen-bond donors (Lipinski definition) is 1. The first-order chi connectivity index (χ1) is 7.92. The highest BCUT2D eigenvalue weighted by Crippen LogP contribution is 2.17. The Morgan fingerprint density at radius 3 is 2.35 bits per heavy atom. The molecule has 0 atom stereocenters. The van der Waals surface area contributed by atoms with Gasteiger partial charge in [-0.3, -0.25) is 0 Å². The zero-order valence-electron chi connectivity index (χ0n) is 9.29. The van der Waals surface area contributed by atoms with Crippen LogP contribution < -0.4 is 5.32 Å². The van der Waals surface area contributed by atoms with E-state index in [-0.39, 0.29) is 11.7 Å². The Morgan fingerprint density at radius 1 is 1.29 bits per heavy atom. The van der Waals surface area contributed by atoms with E-state index < -0.39 is 12.7 Å². The summed E-state index contributed by atoms with van der Waals surface area (Å²) in [4.78, 5) is 1.07.